The fraction of sp³-hybridized carbons (Fsp3) is 0.176. The van der Waals surface area contributed by atoms with Crippen molar-refractivity contribution in [1.82, 2.24) is 0 Å². The molecular formula is C17H15ClO4. The Hall–Kier alpha value is -2.33. The lowest BCUT2D eigenvalue weighted by Gasteiger charge is -2.09. The monoisotopic (exact) mass is 318 g/mol. The Balaban J connectivity index is 2.13. The molecule has 2 aromatic carbocycles. The molecule has 0 heterocycles. The van der Waals surface area contributed by atoms with Gasteiger partial charge in [-0.1, -0.05) is 41.9 Å². The van der Waals surface area contributed by atoms with Crippen LogP contribution in [0.4, 0.5) is 0 Å². The largest absolute Gasteiger partial charge is 0.487 e. The molecule has 0 aliphatic heterocycles. The topological polar surface area (TPSA) is 52.6 Å². The van der Waals surface area contributed by atoms with Gasteiger partial charge in [-0.25, -0.2) is 4.79 Å². The molecule has 114 valence electrons. The van der Waals surface area contributed by atoms with Gasteiger partial charge in [0, 0.05) is 5.56 Å². The van der Waals surface area contributed by atoms with Crippen molar-refractivity contribution in [3.05, 3.63) is 64.7 Å². The van der Waals surface area contributed by atoms with Crippen molar-refractivity contribution in [3.63, 3.8) is 0 Å². The summed E-state index contributed by atoms with van der Waals surface area (Å²) in [5.74, 6) is -1.26. The number of Topliss-reactive ketones (excluding diaryl/α,β-unsaturated/α-hetero) is 1. The zero-order valence-corrected chi connectivity index (χ0v) is 12.8. The minimum Gasteiger partial charge on any atom is -0.487 e. The first-order valence-corrected chi connectivity index (χ1v) is 7.17. The summed E-state index contributed by atoms with van der Waals surface area (Å²) in [6.07, 6.45) is 0. The molecule has 0 saturated heterocycles. The van der Waals surface area contributed by atoms with Crippen LogP contribution in [-0.4, -0.2) is 18.4 Å². The van der Waals surface area contributed by atoms with Gasteiger partial charge in [0.25, 0.3) is 5.78 Å². The first kappa shape index (κ1) is 16.0. The molecule has 0 saturated carbocycles. The molecule has 4 nitrogen and oxygen atoms in total. The van der Waals surface area contributed by atoms with Gasteiger partial charge in [0.15, 0.2) is 0 Å². The highest BCUT2D eigenvalue weighted by atomic mass is 35.5. The van der Waals surface area contributed by atoms with E-state index in [1.165, 1.54) is 18.2 Å². The lowest BCUT2D eigenvalue weighted by molar-refractivity contribution is -0.137. The lowest BCUT2D eigenvalue weighted by Crippen LogP contribution is -2.17. The minimum absolute atomic E-state index is 0.148. The van der Waals surface area contributed by atoms with E-state index < -0.39 is 11.8 Å². The molecular weight excluding hydrogens is 304 g/mol. The molecule has 0 amide bonds. The summed E-state index contributed by atoms with van der Waals surface area (Å²) in [6.45, 7) is 2.11. The van der Waals surface area contributed by atoms with E-state index in [0.29, 0.717) is 17.4 Å². The Morgan fingerprint density at radius 1 is 1.09 bits per heavy atom. The third kappa shape index (κ3) is 4.09. The summed E-state index contributed by atoms with van der Waals surface area (Å²) >= 11 is 6.06. The average Bonchev–Trinajstić information content (AvgIpc) is 2.54. The Bertz CT molecular complexity index is 668. The number of halogens is 1. The van der Waals surface area contributed by atoms with Gasteiger partial charge in [0.2, 0.25) is 0 Å². The predicted octanol–water partition coefficient (Wildman–Crippen LogP) is 3.66. The third-order valence-electron chi connectivity index (χ3n) is 2.89. The number of ketones is 1. The van der Waals surface area contributed by atoms with Gasteiger partial charge in [-0.05, 0) is 30.7 Å². The molecule has 0 aliphatic carbocycles. The molecule has 0 bridgehead atoms. The zero-order chi connectivity index (χ0) is 15.9. The van der Waals surface area contributed by atoms with Crippen LogP contribution < -0.4 is 4.74 Å². The summed E-state index contributed by atoms with van der Waals surface area (Å²) in [4.78, 5) is 23.4. The quantitative estimate of drug-likeness (QED) is 0.463. The number of ether oxygens (including phenoxy) is 2. The molecule has 0 fully saturated rings. The van der Waals surface area contributed by atoms with Crippen molar-refractivity contribution in [2.24, 2.45) is 0 Å². The highest BCUT2D eigenvalue weighted by Crippen LogP contribution is 2.26. The first-order chi connectivity index (χ1) is 10.6. The van der Waals surface area contributed by atoms with Crippen LogP contribution in [0.3, 0.4) is 0 Å². The normalized spacial score (nSPS) is 10.1. The second kappa shape index (κ2) is 7.61. The number of benzene rings is 2. The van der Waals surface area contributed by atoms with Crippen LogP contribution in [-0.2, 0) is 16.1 Å². The van der Waals surface area contributed by atoms with Gasteiger partial charge >= 0.3 is 5.97 Å². The number of carbonyl (C=O) groups is 2. The lowest BCUT2D eigenvalue weighted by atomic mass is 10.1. The molecule has 0 spiro atoms. The number of rotatable bonds is 6. The number of esters is 1. The van der Waals surface area contributed by atoms with E-state index in [1.54, 1.807) is 6.92 Å². The van der Waals surface area contributed by atoms with E-state index in [9.17, 15) is 9.59 Å². The Morgan fingerprint density at radius 2 is 1.82 bits per heavy atom. The molecule has 0 radical (unpaired) electrons. The van der Waals surface area contributed by atoms with E-state index in [4.69, 9.17) is 21.1 Å². The van der Waals surface area contributed by atoms with E-state index in [1.807, 2.05) is 30.3 Å². The van der Waals surface area contributed by atoms with Gasteiger partial charge in [-0.2, -0.15) is 0 Å². The molecule has 2 aromatic rings. The second-order valence-corrected chi connectivity index (χ2v) is 4.88. The van der Waals surface area contributed by atoms with Gasteiger partial charge in [-0.15, -0.1) is 0 Å². The van der Waals surface area contributed by atoms with Crippen molar-refractivity contribution in [2.45, 2.75) is 13.5 Å². The minimum atomic E-state index is -0.890. The SMILES string of the molecule is CCOC(=O)C(=O)c1ccc(Cl)c(OCc2ccccc2)c1. The smallest absolute Gasteiger partial charge is 0.379 e. The maximum Gasteiger partial charge on any atom is 0.379 e. The van der Waals surface area contributed by atoms with Crippen molar-refractivity contribution >= 4 is 23.4 Å². The van der Waals surface area contributed by atoms with E-state index >= 15 is 0 Å². The van der Waals surface area contributed by atoms with E-state index in [-0.39, 0.29) is 12.2 Å². The van der Waals surface area contributed by atoms with Gasteiger partial charge in [0.05, 0.1) is 11.6 Å². The van der Waals surface area contributed by atoms with Crippen LogP contribution in [0, 0.1) is 0 Å². The van der Waals surface area contributed by atoms with Crippen LogP contribution in [0.1, 0.15) is 22.8 Å². The molecule has 2 rings (SSSR count). The zero-order valence-electron chi connectivity index (χ0n) is 12.0. The van der Waals surface area contributed by atoms with Gasteiger partial charge in [-0.3, -0.25) is 4.79 Å². The van der Waals surface area contributed by atoms with Crippen LogP contribution in [0.15, 0.2) is 48.5 Å². The fourth-order valence-corrected chi connectivity index (χ4v) is 1.98. The van der Waals surface area contributed by atoms with Crippen molar-refractivity contribution in [2.75, 3.05) is 6.61 Å². The summed E-state index contributed by atoms with van der Waals surface area (Å²) in [5.41, 5.74) is 1.16. The number of carbonyl (C=O) groups excluding carboxylic acids is 2. The molecule has 0 aromatic heterocycles. The van der Waals surface area contributed by atoms with Crippen LogP contribution >= 0.6 is 11.6 Å². The van der Waals surface area contributed by atoms with Gasteiger partial charge in [0.1, 0.15) is 12.4 Å². The Labute approximate surface area is 133 Å². The molecule has 0 aliphatic rings. The number of hydrogen-bond donors (Lipinski definition) is 0. The molecule has 0 N–H and O–H groups in total. The molecule has 0 unspecified atom stereocenters. The fourth-order valence-electron chi connectivity index (χ4n) is 1.81. The molecule has 22 heavy (non-hydrogen) atoms. The van der Waals surface area contributed by atoms with Crippen LogP contribution in [0.2, 0.25) is 5.02 Å². The van der Waals surface area contributed by atoms with Crippen molar-refractivity contribution in [3.8, 4) is 5.75 Å². The number of hydrogen-bond acceptors (Lipinski definition) is 4. The summed E-state index contributed by atoms with van der Waals surface area (Å²) < 4.78 is 10.3. The van der Waals surface area contributed by atoms with E-state index in [0.717, 1.165) is 5.56 Å². The maximum atomic E-state index is 11.9. The first-order valence-electron chi connectivity index (χ1n) is 6.79. The Morgan fingerprint density at radius 3 is 2.50 bits per heavy atom. The molecule has 5 heteroatoms. The summed E-state index contributed by atoms with van der Waals surface area (Å²) in [7, 11) is 0. The third-order valence-corrected chi connectivity index (χ3v) is 3.20. The van der Waals surface area contributed by atoms with Gasteiger partial charge < -0.3 is 9.47 Å². The van der Waals surface area contributed by atoms with Crippen molar-refractivity contribution < 1.29 is 19.1 Å². The average molecular weight is 319 g/mol. The highest BCUT2D eigenvalue weighted by molar-refractivity contribution is 6.41. The molecule has 0 atom stereocenters. The van der Waals surface area contributed by atoms with Crippen LogP contribution in [0.5, 0.6) is 5.75 Å². The summed E-state index contributed by atoms with van der Waals surface area (Å²) in [6, 6.07) is 14.0. The van der Waals surface area contributed by atoms with E-state index in [2.05, 4.69) is 0 Å². The highest BCUT2D eigenvalue weighted by Gasteiger charge is 2.19. The predicted molar refractivity (Wildman–Crippen MR) is 83.2 cm³/mol. The second-order valence-electron chi connectivity index (χ2n) is 4.47. The van der Waals surface area contributed by atoms with Crippen molar-refractivity contribution in [1.29, 1.82) is 0 Å². The summed E-state index contributed by atoms with van der Waals surface area (Å²) in [5, 5.41) is 0.372. The van der Waals surface area contributed by atoms with Crippen LogP contribution in [0.25, 0.3) is 0 Å². The maximum absolute atomic E-state index is 11.9. The Kier molecular flexibility index (Phi) is 5.55. The standard InChI is InChI=1S/C17H15ClO4/c1-2-21-17(20)16(19)13-8-9-14(18)15(10-13)22-11-12-6-4-3-5-7-12/h3-10H,2,11H2,1H3.